The van der Waals surface area contributed by atoms with E-state index in [9.17, 15) is 4.79 Å². The number of thiazole rings is 1. The summed E-state index contributed by atoms with van der Waals surface area (Å²) in [5.74, 6) is -0.189. The molecule has 1 heterocycles. The smallest absolute Gasteiger partial charge is 0.243 e. The van der Waals surface area contributed by atoms with Gasteiger partial charge in [-0.2, -0.15) is 0 Å². The van der Waals surface area contributed by atoms with Crippen molar-refractivity contribution < 1.29 is 9.53 Å². The van der Waals surface area contributed by atoms with Crippen LogP contribution >= 0.6 is 11.3 Å². The number of hydrogen-bond acceptors (Lipinski definition) is 5. The van der Waals surface area contributed by atoms with Gasteiger partial charge in [0.25, 0.3) is 0 Å². The number of carbonyl (C=O) groups is 1. The van der Waals surface area contributed by atoms with Crippen LogP contribution in [0.3, 0.4) is 0 Å². The number of anilines is 1. The van der Waals surface area contributed by atoms with Gasteiger partial charge in [-0.25, -0.2) is 4.98 Å². The van der Waals surface area contributed by atoms with Crippen LogP contribution in [-0.2, 0) is 14.9 Å². The molecule has 0 bridgehead atoms. The Kier molecular flexibility index (Phi) is 5.90. The number of aromatic nitrogens is 1. The Balaban J connectivity index is 2.50. The molecule has 1 atom stereocenters. The van der Waals surface area contributed by atoms with E-state index >= 15 is 0 Å². The van der Waals surface area contributed by atoms with Crippen molar-refractivity contribution in [1.29, 1.82) is 0 Å². The minimum absolute atomic E-state index is 0.0138. The molecule has 1 rings (SSSR count). The number of nitrogens with two attached hydrogens (primary N) is 1. The lowest BCUT2D eigenvalue weighted by atomic mass is 9.93. The zero-order valence-corrected chi connectivity index (χ0v) is 12.8. The van der Waals surface area contributed by atoms with Gasteiger partial charge in [0.2, 0.25) is 5.91 Å². The zero-order valence-electron chi connectivity index (χ0n) is 12.0. The van der Waals surface area contributed by atoms with Gasteiger partial charge in [0.15, 0.2) is 5.13 Å². The molecule has 1 unspecified atom stereocenters. The van der Waals surface area contributed by atoms with Crippen LogP contribution in [0.5, 0.6) is 0 Å². The Bertz CT molecular complexity index is 412. The maximum absolute atomic E-state index is 11.9. The molecule has 0 aliphatic heterocycles. The highest BCUT2D eigenvalue weighted by Crippen LogP contribution is 2.26. The van der Waals surface area contributed by atoms with Gasteiger partial charge in [-0.1, -0.05) is 20.8 Å². The predicted molar refractivity (Wildman–Crippen MR) is 78.5 cm³/mol. The molecule has 0 saturated heterocycles. The number of nitrogens with zero attached hydrogens (tertiary/aromatic N) is 1. The molecule has 0 saturated carbocycles. The minimum Gasteiger partial charge on any atom is -0.385 e. The second-order valence-electron chi connectivity index (χ2n) is 5.52. The van der Waals surface area contributed by atoms with Gasteiger partial charge in [-0.15, -0.1) is 11.3 Å². The molecule has 1 amide bonds. The highest BCUT2D eigenvalue weighted by molar-refractivity contribution is 7.13. The lowest BCUT2D eigenvalue weighted by Crippen LogP contribution is -2.35. The molecule has 1 aromatic rings. The van der Waals surface area contributed by atoms with Gasteiger partial charge in [0.1, 0.15) is 0 Å². The predicted octanol–water partition coefficient (Wildman–Crippen LogP) is 2.13. The van der Waals surface area contributed by atoms with Crippen molar-refractivity contribution in [3.63, 3.8) is 0 Å². The van der Waals surface area contributed by atoms with Crippen molar-refractivity contribution in [3.8, 4) is 0 Å². The van der Waals surface area contributed by atoms with Crippen LogP contribution in [0.2, 0.25) is 0 Å². The third kappa shape index (κ3) is 5.26. The summed E-state index contributed by atoms with van der Waals surface area (Å²) in [4.78, 5) is 16.3. The second kappa shape index (κ2) is 6.98. The lowest BCUT2D eigenvalue weighted by molar-refractivity contribution is -0.117. The maximum atomic E-state index is 11.9. The molecule has 19 heavy (non-hydrogen) atoms. The highest BCUT2D eigenvalue weighted by atomic mass is 32.1. The molecule has 0 radical (unpaired) electrons. The topological polar surface area (TPSA) is 77.2 Å². The van der Waals surface area contributed by atoms with Gasteiger partial charge in [0.05, 0.1) is 11.7 Å². The van der Waals surface area contributed by atoms with Crippen molar-refractivity contribution in [2.75, 3.05) is 19.0 Å². The quantitative estimate of drug-likeness (QED) is 0.785. The van der Waals surface area contributed by atoms with Crippen LogP contribution in [0, 0.1) is 0 Å². The number of hydrogen-bond donors (Lipinski definition) is 2. The van der Waals surface area contributed by atoms with Crippen molar-refractivity contribution >= 4 is 22.4 Å². The van der Waals surface area contributed by atoms with E-state index in [1.807, 2.05) is 5.38 Å². The third-order valence-electron chi connectivity index (χ3n) is 2.70. The summed E-state index contributed by atoms with van der Waals surface area (Å²) in [6.07, 6.45) is 1.38. The largest absolute Gasteiger partial charge is 0.385 e. The molecule has 0 spiro atoms. The monoisotopic (exact) mass is 285 g/mol. The number of carbonyl (C=O) groups excluding carboxylic acids is 1. The van der Waals surface area contributed by atoms with E-state index < -0.39 is 6.04 Å². The Hall–Kier alpha value is -0.980. The standard InChI is InChI=1S/C13H23N3O2S/c1-13(2,3)10-8-19-12(15-10)16-11(17)9(14)6-5-7-18-4/h8-9H,5-7,14H2,1-4H3,(H,15,16,17). The zero-order chi connectivity index (χ0) is 14.5. The molecule has 0 fully saturated rings. The number of ether oxygens (including phenoxy) is 1. The minimum atomic E-state index is -0.517. The average molecular weight is 285 g/mol. The van der Waals surface area contributed by atoms with Crippen LogP contribution in [0.15, 0.2) is 5.38 Å². The summed E-state index contributed by atoms with van der Waals surface area (Å²) in [6, 6.07) is -0.517. The van der Waals surface area contributed by atoms with E-state index in [1.54, 1.807) is 7.11 Å². The number of amides is 1. The van der Waals surface area contributed by atoms with Crippen molar-refractivity contribution in [2.45, 2.75) is 45.1 Å². The lowest BCUT2D eigenvalue weighted by Gasteiger charge is -2.14. The van der Waals surface area contributed by atoms with Crippen LogP contribution in [0.4, 0.5) is 5.13 Å². The first-order valence-corrected chi connectivity index (χ1v) is 7.24. The summed E-state index contributed by atoms with van der Waals surface area (Å²) in [6.45, 7) is 6.88. The summed E-state index contributed by atoms with van der Waals surface area (Å²) in [5.41, 5.74) is 6.77. The van der Waals surface area contributed by atoms with E-state index in [0.29, 0.717) is 18.2 Å². The summed E-state index contributed by atoms with van der Waals surface area (Å²) in [5, 5.41) is 5.34. The van der Waals surface area contributed by atoms with Crippen LogP contribution in [-0.4, -0.2) is 30.6 Å². The molecule has 3 N–H and O–H groups in total. The molecule has 0 aromatic carbocycles. The van der Waals surface area contributed by atoms with E-state index in [-0.39, 0.29) is 11.3 Å². The number of methoxy groups -OCH3 is 1. The average Bonchev–Trinajstić information content (AvgIpc) is 2.77. The molecule has 0 aliphatic rings. The van der Waals surface area contributed by atoms with Gasteiger partial charge in [0, 0.05) is 24.5 Å². The third-order valence-corrected chi connectivity index (χ3v) is 3.46. The Morgan fingerprint density at radius 1 is 1.58 bits per heavy atom. The molecular formula is C13H23N3O2S. The summed E-state index contributed by atoms with van der Waals surface area (Å²) >= 11 is 1.43. The number of rotatable bonds is 6. The highest BCUT2D eigenvalue weighted by Gasteiger charge is 2.19. The van der Waals surface area contributed by atoms with Gasteiger partial charge in [-0.05, 0) is 12.8 Å². The van der Waals surface area contributed by atoms with Gasteiger partial charge < -0.3 is 15.8 Å². The first kappa shape index (κ1) is 16.1. The molecule has 1 aromatic heterocycles. The fourth-order valence-corrected chi connectivity index (χ4v) is 2.39. The van der Waals surface area contributed by atoms with Crippen molar-refractivity contribution in [2.24, 2.45) is 5.73 Å². The van der Waals surface area contributed by atoms with E-state index in [2.05, 4.69) is 31.1 Å². The maximum Gasteiger partial charge on any atom is 0.243 e. The van der Waals surface area contributed by atoms with Crippen molar-refractivity contribution in [1.82, 2.24) is 4.98 Å². The van der Waals surface area contributed by atoms with Crippen LogP contribution in [0.25, 0.3) is 0 Å². The fourth-order valence-electron chi connectivity index (χ4n) is 1.45. The number of nitrogens with one attached hydrogen (secondary N) is 1. The SMILES string of the molecule is COCCCC(N)C(=O)Nc1nc(C(C)(C)C)cs1. The first-order chi connectivity index (χ1) is 8.84. The van der Waals surface area contributed by atoms with Gasteiger partial charge in [-0.3, -0.25) is 4.79 Å². The molecule has 6 heteroatoms. The summed E-state index contributed by atoms with van der Waals surface area (Å²) in [7, 11) is 1.63. The van der Waals surface area contributed by atoms with Crippen LogP contribution in [0.1, 0.15) is 39.3 Å². The first-order valence-electron chi connectivity index (χ1n) is 6.36. The van der Waals surface area contributed by atoms with E-state index in [0.717, 1.165) is 12.1 Å². The molecule has 108 valence electrons. The van der Waals surface area contributed by atoms with E-state index in [1.165, 1.54) is 11.3 Å². The Morgan fingerprint density at radius 2 is 2.26 bits per heavy atom. The van der Waals surface area contributed by atoms with Crippen molar-refractivity contribution in [3.05, 3.63) is 11.1 Å². The Labute approximate surface area is 118 Å². The summed E-state index contributed by atoms with van der Waals surface area (Å²) < 4.78 is 4.93. The molecule has 5 nitrogen and oxygen atoms in total. The Morgan fingerprint density at radius 3 is 2.79 bits per heavy atom. The molecular weight excluding hydrogens is 262 g/mol. The van der Waals surface area contributed by atoms with Gasteiger partial charge >= 0.3 is 0 Å². The van der Waals surface area contributed by atoms with Crippen LogP contribution < -0.4 is 11.1 Å². The fraction of sp³-hybridized carbons (Fsp3) is 0.692. The van der Waals surface area contributed by atoms with E-state index in [4.69, 9.17) is 10.5 Å². The molecule has 0 aliphatic carbocycles. The normalized spacial score (nSPS) is 13.3. The second-order valence-corrected chi connectivity index (χ2v) is 6.38.